The zero-order valence-corrected chi connectivity index (χ0v) is 22.0. The van der Waals surface area contributed by atoms with Crippen molar-refractivity contribution in [1.82, 2.24) is 0 Å². The summed E-state index contributed by atoms with van der Waals surface area (Å²) in [5.41, 5.74) is -2.66. The third-order valence-electron chi connectivity index (χ3n) is 9.19. The Balaban J connectivity index is 1.67. The maximum absolute atomic E-state index is 14.5. The Kier molecular flexibility index (Phi) is 5.27. The van der Waals surface area contributed by atoms with Crippen molar-refractivity contribution in [3.8, 4) is 0 Å². The number of hydrogen-bond acceptors (Lipinski definition) is 5. The first-order chi connectivity index (χ1) is 15.1. The fourth-order valence-corrected chi connectivity index (χ4v) is 9.21. The third-order valence-corrected chi connectivity index (χ3v) is 10.9. The average molecular weight is 566 g/mol. The van der Waals surface area contributed by atoms with E-state index < -0.39 is 55.5 Å². The molecule has 5 nitrogen and oxygen atoms in total. The molecular formula is C24H28BrCl2FO5. The fraction of sp³-hybridized carbons (Fsp3) is 0.750. The van der Waals surface area contributed by atoms with E-state index in [1.54, 1.807) is 19.9 Å². The molecule has 0 aromatic rings. The number of carbonyl (C=O) groups is 2. The summed E-state index contributed by atoms with van der Waals surface area (Å²) in [6, 6.07) is 0. The van der Waals surface area contributed by atoms with E-state index in [4.69, 9.17) is 32.7 Å². The molecule has 1 unspecified atom stereocenters. The number of hydrogen-bond donors (Lipinski definition) is 1. The number of fused-ring (bicyclic) bond motifs is 7. The molecule has 4 aliphatic carbocycles. The van der Waals surface area contributed by atoms with Gasteiger partial charge in [0.25, 0.3) is 0 Å². The Morgan fingerprint density at radius 2 is 1.94 bits per heavy atom. The largest absolute Gasteiger partial charge is 0.391 e. The molecule has 9 heteroatoms. The standard InChI is InChI=1S/C24H28BrCl2FO5/c1-20(2)32-17-9-12-13-8-15(26)14-7-11(29)5-6-21(14,3)23(13,27)16(30)10-22(12,4)24(17,33-20)18(31)19(25)28/h5-7,12-13,15-17,19,30H,8-10H2,1-4H3/t12-,13-,15-,16-,17+,19?,21-,22-,23-,24-/m0/s1. The predicted molar refractivity (Wildman–Crippen MR) is 125 cm³/mol. The van der Waals surface area contributed by atoms with Gasteiger partial charge in [-0.25, -0.2) is 4.39 Å². The molecule has 0 radical (unpaired) electrons. The topological polar surface area (TPSA) is 72.8 Å². The van der Waals surface area contributed by atoms with Crippen molar-refractivity contribution in [2.75, 3.05) is 0 Å². The summed E-state index contributed by atoms with van der Waals surface area (Å²) in [6.45, 7) is 7.21. The molecule has 1 N–H and O–H groups in total. The molecule has 1 heterocycles. The Morgan fingerprint density at radius 3 is 2.58 bits per heavy atom. The van der Waals surface area contributed by atoms with E-state index in [2.05, 4.69) is 15.9 Å². The van der Waals surface area contributed by atoms with E-state index in [1.807, 2.05) is 13.8 Å². The first-order valence-electron chi connectivity index (χ1n) is 11.3. The van der Waals surface area contributed by atoms with Gasteiger partial charge in [-0.2, -0.15) is 0 Å². The van der Waals surface area contributed by atoms with Gasteiger partial charge < -0.3 is 14.6 Å². The van der Waals surface area contributed by atoms with E-state index in [-0.39, 0.29) is 24.0 Å². The van der Waals surface area contributed by atoms with E-state index in [0.29, 0.717) is 18.4 Å². The van der Waals surface area contributed by atoms with Gasteiger partial charge in [0, 0.05) is 10.8 Å². The van der Waals surface area contributed by atoms with Crippen molar-refractivity contribution in [3.63, 3.8) is 0 Å². The van der Waals surface area contributed by atoms with Crippen molar-refractivity contribution in [3.05, 3.63) is 23.8 Å². The molecule has 0 spiro atoms. The number of ether oxygens (including phenoxy) is 2. The number of Topliss-reactive ketones (excluding diaryl/α,β-unsaturated/α-hetero) is 1. The number of rotatable bonds is 2. The molecule has 1 saturated heterocycles. The highest BCUT2D eigenvalue weighted by Gasteiger charge is 2.80. The summed E-state index contributed by atoms with van der Waals surface area (Å²) >= 11 is 17.1. The van der Waals surface area contributed by atoms with Crippen LogP contribution in [-0.2, 0) is 19.1 Å². The Morgan fingerprint density at radius 1 is 1.27 bits per heavy atom. The van der Waals surface area contributed by atoms with Gasteiger partial charge in [-0.1, -0.05) is 19.9 Å². The summed E-state index contributed by atoms with van der Waals surface area (Å²) < 4.78 is 27.0. The summed E-state index contributed by atoms with van der Waals surface area (Å²) in [6.07, 6.45) is 3.98. The number of allylic oxidation sites excluding steroid dienone is 4. The van der Waals surface area contributed by atoms with Gasteiger partial charge in [-0.05, 0) is 78.6 Å². The van der Waals surface area contributed by atoms with Crippen molar-refractivity contribution in [2.24, 2.45) is 22.7 Å². The van der Waals surface area contributed by atoms with Gasteiger partial charge >= 0.3 is 0 Å². The van der Waals surface area contributed by atoms with Crippen LogP contribution < -0.4 is 0 Å². The molecule has 0 aromatic heterocycles. The highest BCUT2D eigenvalue weighted by molar-refractivity contribution is 9.09. The molecule has 1 aliphatic heterocycles. The summed E-state index contributed by atoms with van der Waals surface area (Å²) in [5, 5.41) is 9.28. The number of aliphatic hydroxyl groups is 1. The van der Waals surface area contributed by atoms with Gasteiger partial charge in [0.15, 0.2) is 17.2 Å². The van der Waals surface area contributed by atoms with Gasteiger partial charge in [0.2, 0.25) is 10.9 Å². The second-order valence-electron chi connectivity index (χ2n) is 11.1. The SMILES string of the molecule is CC1(C)O[C@@H]2C[C@H]3[C@@H]4C[C@H](Cl)C5=CC(=O)C=C[C@]5(C)[C@@]4(Cl)[C@@H](O)C[C@]3(C)[C@]2(C(=O)C(F)Br)O1. The maximum atomic E-state index is 14.5. The van der Waals surface area contributed by atoms with Gasteiger partial charge in [0.05, 0.1) is 22.5 Å². The lowest BCUT2D eigenvalue weighted by Crippen LogP contribution is -2.70. The van der Waals surface area contributed by atoms with Crippen LogP contribution in [0.15, 0.2) is 23.8 Å². The monoisotopic (exact) mass is 564 g/mol. The van der Waals surface area contributed by atoms with Crippen LogP contribution in [0.5, 0.6) is 0 Å². The lowest BCUT2D eigenvalue weighted by molar-refractivity contribution is -0.222. The molecule has 5 rings (SSSR count). The molecule has 33 heavy (non-hydrogen) atoms. The average Bonchev–Trinajstić information content (AvgIpc) is 3.11. The zero-order chi connectivity index (χ0) is 24.4. The van der Waals surface area contributed by atoms with Crippen LogP contribution in [0.4, 0.5) is 4.39 Å². The molecule has 5 aliphatic rings. The van der Waals surface area contributed by atoms with Crippen LogP contribution in [0.3, 0.4) is 0 Å². The van der Waals surface area contributed by atoms with Crippen molar-refractivity contribution >= 4 is 50.7 Å². The van der Waals surface area contributed by atoms with Gasteiger partial charge in [-0.15, -0.1) is 23.2 Å². The first kappa shape index (κ1) is 24.4. The molecule has 0 bridgehead atoms. The second kappa shape index (κ2) is 7.13. The first-order valence-corrected chi connectivity index (χ1v) is 13.0. The Bertz CT molecular complexity index is 999. The normalized spacial score (nSPS) is 52.9. The molecule has 4 fully saturated rings. The quantitative estimate of drug-likeness (QED) is 0.495. The lowest BCUT2D eigenvalue weighted by Gasteiger charge is -2.64. The third kappa shape index (κ3) is 2.81. The highest BCUT2D eigenvalue weighted by atomic mass is 79.9. The molecular weight excluding hydrogens is 538 g/mol. The molecule has 0 amide bonds. The smallest absolute Gasteiger partial charge is 0.215 e. The number of alkyl halides is 4. The summed E-state index contributed by atoms with van der Waals surface area (Å²) in [4.78, 5) is 24.4. The predicted octanol–water partition coefficient (Wildman–Crippen LogP) is 4.60. The van der Waals surface area contributed by atoms with Crippen LogP contribution in [0.1, 0.15) is 47.0 Å². The number of ketones is 2. The minimum absolute atomic E-state index is 0.122. The maximum Gasteiger partial charge on any atom is 0.215 e. The molecule has 10 atom stereocenters. The van der Waals surface area contributed by atoms with E-state index in [9.17, 15) is 19.1 Å². The molecule has 182 valence electrons. The van der Waals surface area contributed by atoms with Crippen LogP contribution >= 0.6 is 39.1 Å². The van der Waals surface area contributed by atoms with Crippen LogP contribution in [0, 0.1) is 22.7 Å². The fourth-order valence-electron chi connectivity index (χ4n) is 7.90. The van der Waals surface area contributed by atoms with Crippen LogP contribution in [0.25, 0.3) is 0 Å². The van der Waals surface area contributed by atoms with Crippen LogP contribution in [-0.4, -0.2) is 55.6 Å². The molecule has 0 aromatic carbocycles. The van der Waals surface area contributed by atoms with E-state index >= 15 is 0 Å². The molecule has 3 saturated carbocycles. The number of carbonyl (C=O) groups excluding carboxylic acids is 2. The summed E-state index contributed by atoms with van der Waals surface area (Å²) in [7, 11) is 0. The number of halogens is 4. The van der Waals surface area contributed by atoms with Crippen molar-refractivity contribution in [2.45, 2.75) is 85.9 Å². The zero-order valence-electron chi connectivity index (χ0n) is 18.9. The van der Waals surface area contributed by atoms with E-state index in [1.165, 1.54) is 12.2 Å². The van der Waals surface area contributed by atoms with Crippen LogP contribution in [0.2, 0.25) is 0 Å². The van der Waals surface area contributed by atoms with Crippen molar-refractivity contribution in [1.29, 1.82) is 0 Å². The van der Waals surface area contributed by atoms with Crippen molar-refractivity contribution < 1.29 is 28.6 Å². The van der Waals surface area contributed by atoms with Gasteiger partial charge in [-0.3, -0.25) is 9.59 Å². The Labute approximate surface area is 211 Å². The highest BCUT2D eigenvalue weighted by Crippen LogP contribution is 2.73. The van der Waals surface area contributed by atoms with E-state index in [0.717, 1.165) is 0 Å². The number of aliphatic hydroxyl groups excluding tert-OH is 1. The minimum Gasteiger partial charge on any atom is -0.391 e. The second-order valence-corrected chi connectivity index (χ2v) is 13.1. The summed E-state index contributed by atoms with van der Waals surface area (Å²) in [5.74, 6) is -2.51. The van der Waals surface area contributed by atoms with Gasteiger partial charge in [0.1, 0.15) is 0 Å². The lowest BCUT2D eigenvalue weighted by atomic mass is 9.45. The minimum atomic E-state index is -1.93. The Hall–Kier alpha value is -0.310.